The lowest BCUT2D eigenvalue weighted by Crippen LogP contribution is -2.30. The maximum absolute atomic E-state index is 12.1. The molecule has 0 fully saturated rings. The number of primary amides is 1. The maximum atomic E-state index is 12.1. The van der Waals surface area contributed by atoms with E-state index in [1.807, 2.05) is 18.2 Å². The van der Waals surface area contributed by atoms with Crippen LogP contribution in [0.15, 0.2) is 54.6 Å². The molecule has 0 spiro atoms. The molecule has 5 heteroatoms. The predicted molar refractivity (Wildman–Crippen MR) is 96.2 cm³/mol. The highest BCUT2D eigenvalue weighted by Crippen LogP contribution is 2.12. The van der Waals surface area contributed by atoms with Gasteiger partial charge in [0.25, 0.3) is 5.91 Å². The van der Waals surface area contributed by atoms with Gasteiger partial charge in [-0.1, -0.05) is 18.2 Å². The highest BCUT2D eigenvalue weighted by atomic mass is 16.2. The number of nitrogens with one attached hydrogen (secondary N) is 1. The zero-order valence-corrected chi connectivity index (χ0v) is 13.9. The van der Waals surface area contributed by atoms with Crippen LogP contribution in [0, 0.1) is 0 Å². The van der Waals surface area contributed by atoms with Crippen LogP contribution in [0.25, 0.3) is 0 Å². The lowest BCUT2D eigenvalue weighted by molar-refractivity contribution is 0.0950. The first-order chi connectivity index (χ1) is 11.6. The number of carbonyl (C=O) groups excluding carboxylic acids is 2. The molecule has 0 bridgehead atoms. The Labute approximate surface area is 142 Å². The lowest BCUT2D eigenvalue weighted by Gasteiger charge is -2.23. The number of hydrogen-bond donors (Lipinski definition) is 2. The molecular weight excluding hydrogens is 302 g/mol. The number of amides is 2. The third-order valence-electron chi connectivity index (χ3n) is 3.83. The van der Waals surface area contributed by atoms with Crippen molar-refractivity contribution in [2.45, 2.75) is 13.3 Å². The summed E-state index contributed by atoms with van der Waals surface area (Å²) >= 11 is 0. The fraction of sp³-hybridized carbons (Fsp3) is 0.263. The summed E-state index contributed by atoms with van der Waals surface area (Å²) in [6, 6.07) is 16.6. The average Bonchev–Trinajstić information content (AvgIpc) is 2.62. The van der Waals surface area contributed by atoms with Gasteiger partial charge in [0.15, 0.2) is 0 Å². The van der Waals surface area contributed by atoms with Gasteiger partial charge in [0, 0.05) is 36.4 Å². The van der Waals surface area contributed by atoms with E-state index in [2.05, 4.69) is 29.3 Å². The van der Waals surface area contributed by atoms with Gasteiger partial charge >= 0.3 is 0 Å². The first-order valence-electron chi connectivity index (χ1n) is 8.10. The second-order valence-electron chi connectivity index (χ2n) is 5.47. The molecule has 2 rings (SSSR count). The van der Waals surface area contributed by atoms with Crippen LogP contribution < -0.4 is 16.0 Å². The number of rotatable bonds is 8. The molecule has 0 radical (unpaired) electrons. The van der Waals surface area contributed by atoms with E-state index in [0.29, 0.717) is 17.7 Å². The minimum atomic E-state index is -0.498. The van der Waals surface area contributed by atoms with Crippen LogP contribution in [-0.2, 0) is 0 Å². The molecule has 0 aromatic heterocycles. The summed E-state index contributed by atoms with van der Waals surface area (Å²) in [5.41, 5.74) is 7.29. The van der Waals surface area contributed by atoms with Gasteiger partial charge in [0.2, 0.25) is 5.91 Å². The van der Waals surface area contributed by atoms with Gasteiger partial charge in [-0.25, -0.2) is 0 Å². The van der Waals surface area contributed by atoms with Gasteiger partial charge in [-0.2, -0.15) is 0 Å². The molecule has 0 saturated heterocycles. The van der Waals surface area contributed by atoms with Crippen molar-refractivity contribution in [3.63, 3.8) is 0 Å². The molecule has 24 heavy (non-hydrogen) atoms. The first-order valence-corrected chi connectivity index (χ1v) is 8.10. The number of nitrogens with two attached hydrogens (primary N) is 1. The first kappa shape index (κ1) is 17.5. The molecule has 0 aliphatic rings. The minimum absolute atomic E-state index is 0.145. The van der Waals surface area contributed by atoms with E-state index < -0.39 is 5.91 Å². The zero-order valence-electron chi connectivity index (χ0n) is 13.9. The van der Waals surface area contributed by atoms with Crippen molar-refractivity contribution >= 4 is 17.5 Å². The summed E-state index contributed by atoms with van der Waals surface area (Å²) in [5.74, 6) is -0.642. The van der Waals surface area contributed by atoms with E-state index >= 15 is 0 Å². The van der Waals surface area contributed by atoms with E-state index in [1.54, 1.807) is 24.3 Å². The fourth-order valence-corrected chi connectivity index (χ4v) is 2.47. The molecular formula is C19H23N3O2. The number of benzene rings is 2. The second-order valence-corrected chi connectivity index (χ2v) is 5.47. The number of carbonyl (C=O) groups is 2. The Morgan fingerprint density at radius 1 is 1.00 bits per heavy atom. The molecule has 0 aliphatic heterocycles. The Balaban J connectivity index is 1.79. The number of anilines is 1. The van der Waals surface area contributed by atoms with Crippen LogP contribution in [0.5, 0.6) is 0 Å². The van der Waals surface area contributed by atoms with Gasteiger partial charge in [-0.05, 0) is 49.7 Å². The van der Waals surface area contributed by atoms with Crippen molar-refractivity contribution in [2.75, 3.05) is 24.5 Å². The molecule has 5 nitrogen and oxygen atoms in total. The van der Waals surface area contributed by atoms with Crippen molar-refractivity contribution in [3.05, 3.63) is 65.7 Å². The molecule has 0 heterocycles. The SMILES string of the molecule is CCN(CCCNC(=O)c1ccc(C(N)=O)cc1)c1ccccc1. The molecule has 2 aromatic carbocycles. The number of para-hydroxylation sites is 1. The molecule has 2 aromatic rings. The fourth-order valence-electron chi connectivity index (χ4n) is 2.47. The normalized spacial score (nSPS) is 10.2. The summed E-state index contributed by atoms with van der Waals surface area (Å²) in [4.78, 5) is 25.4. The van der Waals surface area contributed by atoms with Gasteiger partial charge in [-0.3, -0.25) is 9.59 Å². The maximum Gasteiger partial charge on any atom is 0.251 e. The van der Waals surface area contributed by atoms with Crippen LogP contribution >= 0.6 is 0 Å². The average molecular weight is 325 g/mol. The third kappa shape index (κ3) is 4.84. The largest absolute Gasteiger partial charge is 0.372 e. The predicted octanol–water partition coefficient (Wildman–Crippen LogP) is 2.43. The van der Waals surface area contributed by atoms with Crippen molar-refractivity contribution in [3.8, 4) is 0 Å². The van der Waals surface area contributed by atoms with Crippen molar-refractivity contribution in [2.24, 2.45) is 5.73 Å². The lowest BCUT2D eigenvalue weighted by atomic mass is 10.1. The second kappa shape index (κ2) is 8.72. The van der Waals surface area contributed by atoms with Crippen LogP contribution in [-0.4, -0.2) is 31.4 Å². The Morgan fingerprint density at radius 3 is 2.21 bits per heavy atom. The summed E-state index contributed by atoms with van der Waals surface area (Å²) in [6.07, 6.45) is 0.855. The van der Waals surface area contributed by atoms with Crippen LogP contribution in [0.3, 0.4) is 0 Å². The molecule has 0 aliphatic carbocycles. The monoisotopic (exact) mass is 325 g/mol. The van der Waals surface area contributed by atoms with E-state index in [0.717, 1.165) is 19.5 Å². The quantitative estimate of drug-likeness (QED) is 0.732. The van der Waals surface area contributed by atoms with Gasteiger partial charge in [-0.15, -0.1) is 0 Å². The Morgan fingerprint density at radius 2 is 1.62 bits per heavy atom. The third-order valence-corrected chi connectivity index (χ3v) is 3.83. The van der Waals surface area contributed by atoms with Crippen molar-refractivity contribution in [1.82, 2.24) is 5.32 Å². The van der Waals surface area contributed by atoms with Crippen molar-refractivity contribution < 1.29 is 9.59 Å². The van der Waals surface area contributed by atoms with E-state index in [1.165, 1.54) is 5.69 Å². The minimum Gasteiger partial charge on any atom is -0.372 e. The van der Waals surface area contributed by atoms with Gasteiger partial charge in [0.1, 0.15) is 0 Å². The number of nitrogens with zero attached hydrogens (tertiary/aromatic N) is 1. The summed E-state index contributed by atoms with van der Waals surface area (Å²) in [6.45, 7) is 4.51. The van der Waals surface area contributed by atoms with Gasteiger partial charge in [0.05, 0.1) is 0 Å². The van der Waals surface area contributed by atoms with Crippen molar-refractivity contribution in [1.29, 1.82) is 0 Å². The van der Waals surface area contributed by atoms with E-state index in [-0.39, 0.29) is 5.91 Å². The van der Waals surface area contributed by atoms with Gasteiger partial charge < -0.3 is 16.0 Å². The molecule has 0 unspecified atom stereocenters. The summed E-state index contributed by atoms with van der Waals surface area (Å²) < 4.78 is 0. The molecule has 0 saturated carbocycles. The molecule has 2 amide bonds. The zero-order chi connectivity index (χ0) is 17.4. The molecule has 126 valence electrons. The van der Waals surface area contributed by atoms with E-state index in [9.17, 15) is 9.59 Å². The summed E-state index contributed by atoms with van der Waals surface area (Å²) in [5, 5.41) is 2.90. The van der Waals surface area contributed by atoms with E-state index in [4.69, 9.17) is 5.73 Å². The smallest absolute Gasteiger partial charge is 0.251 e. The topological polar surface area (TPSA) is 75.4 Å². The Bertz CT molecular complexity index is 669. The Kier molecular flexibility index (Phi) is 6.37. The summed E-state index contributed by atoms with van der Waals surface area (Å²) in [7, 11) is 0. The molecule has 0 atom stereocenters. The standard InChI is InChI=1S/C19H23N3O2/c1-2-22(17-7-4-3-5-8-17)14-6-13-21-19(24)16-11-9-15(10-12-16)18(20)23/h3-5,7-12H,2,6,13-14H2,1H3,(H2,20,23)(H,21,24). The highest BCUT2D eigenvalue weighted by Gasteiger charge is 2.07. The Hall–Kier alpha value is -2.82. The number of hydrogen-bond acceptors (Lipinski definition) is 3. The van der Waals surface area contributed by atoms with Crippen LogP contribution in [0.1, 0.15) is 34.1 Å². The molecule has 3 N–H and O–H groups in total. The van der Waals surface area contributed by atoms with Crippen LogP contribution in [0.2, 0.25) is 0 Å². The highest BCUT2D eigenvalue weighted by molar-refractivity contribution is 5.97. The van der Waals surface area contributed by atoms with Crippen LogP contribution in [0.4, 0.5) is 5.69 Å².